The molecule has 21 heavy (non-hydrogen) atoms. The van der Waals surface area contributed by atoms with E-state index in [4.69, 9.17) is 4.74 Å². The molecule has 1 aliphatic heterocycles. The molecule has 1 heterocycles. The van der Waals surface area contributed by atoms with Gasteiger partial charge in [0.1, 0.15) is 5.75 Å². The zero-order chi connectivity index (χ0) is 15.5. The van der Waals surface area contributed by atoms with Crippen molar-refractivity contribution in [3.8, 4) is 5.75 Å². The largest absolute Gasteiger partial charge is 0.493 e. The minimum Gasteiger partial charge on any atom is -0.493 e. The van der Waals surface area contributed by atoms with E-state index in [2.05, 4.69) is 35.0 Å². The van der Waals surface area contributed by atoms with Gasteiger partial charge in [0.05, 0.1) is 12.2 Å². The molecule has 0 aromatic heterocycles. The van der Waals surface area contributed by atoms with Crippen LogP contribution in [-0.4, -0.2) is 6.61 Å². The zero-order valence-electron chi connectivity index (χ0n) is 11.4. The van der Waals surface area contributed by atoms with Gasteiger partial charge in [-0.15, -0.1) is 0 Å². The van der Waals surface area contributed by atoms with Crippen LogP contribution in [0.1, 0.15) is 16.7 Å². The topological polar surface area (TPSA) is 9.23 Å². The second-order valence-electron chi connectivity index (χ2n) is 4.72. The normalized spacial score (nSPS) is 13.0. The molecule has 3 rings (SSSR count). The van der Waals surface area contributed by atoms with Crippen LogP contribution in [0.15, 0.2) is 46.9 Å². The molecule has 0 fully saturated rings. The van der Waals surface area contributed by atoms with Crippen LogP contribution in [-0.2, 0) is 12.6 Å². The predicted octanol–water partition coefficient (Wildman–Crippen LogP) is 5.40. The third-order valence-electron chi connectivity index (χ3n) is 3.00. The van der Waals surface area contributed by atoms with Gasteiger partial charge in [-0.1, -0.05) is 33.6 Å². The predicted molar refractivity (Wildman–Crippen MR) is 79.5 cm³/mol. The lowest BCUT2D eigenvalue weighted by atomic mass is 10.1. The van der Waals surface area contributed by atoms with E-state index in [0.29, 0.717) is 24.3 Å². The monoisotopic (exact) mass is 358 g/mol. The summed E-state index contributed by atoms with van der Waals surface area (Å²) in [4.78, 5) is 0. The molecule has 1 nitrogen and oxygen atoms in total. The van der Waals surface area contributed by atoms with Gasteiger partial charge in [0.2, 0.25) is 0 Å². The van der Waals surface area contributed by atoms with E-state index in [0.717, 1.165) is 16.6 Å². The summed E-state index contributed by atoms with van der Waals surface area (Å²) in [6.45, 7) is 2.56. The number of alkyl halides is 3. The molecule has 2 aromatic rings. The highest BCUT2D eigenvalue weighted by atomic mass is 79.9. The van der Waals surface area contributed by atoms with Gasteiger partial charge in [-0.25, -0.2) is 0 Å². The Morgan fingerprint density at radius 2 is 1.86 bits per heavy atom. The highest BCUT2D eigenvalue weighted by Crippen LogP contribution is 2.34. The number of hydrogen-bond acceptors (Lipinski definition) is 1. The molecule has 0 bridgehead atoms. The van der Waals surface area contributed by atoms with E-state index in [-0.39, 0.29) is 0 Å². The first-order chi connectivity index (χ1) is 9.86. The van der Waals surface area contributed by atoms with Crippen molar-refractivity contribution < 1.29 is 17.9 Å². The van der Waals surface area contributed by atoms with Crippen LogP contribution in [0.5, 0.6) is 5.75 Å². The van der Waals surface area contributed by atoms with E-state index >= 15 is 0 Å². The Balaban J connectivity index is 0.000000173. The van der Waals surface area contributed by atoms with E-state index in [9.17, 15) is 13.2 Å². The van der Waals surface area contributed by atoms with Crippen LogP contribution in [0.4, 0.5) is 13.2 Å². The van der Waals surface area contributed by atoms with Gasteiger partial charge in [0.15, 0.2) is 0 Å². The average Bonchev–Trinajstić information content (AvgIpc) is 2.85. The number of halogens is 4. The van der Waals surface area contributed by atoms with Crippen LogP contribution in [0.25, 0.3) is 0 Å². The summed E-state index contributed by atoms with van der Waals surface area (Å²) < 4.78 is 42.9. The summed E-state index contributed by atoms with van der Waals surface area (Å²) in [7, 11) is 0. The SMILES string of the molecule is Cc1cccc(Br)c1.FC(F)(F)c1ccc2c(c1)CCO2. The molecule has 2 aromatic carbocycles. The summed E-state index contributed by atoms with van der Waals surface area (Å²) in [6, 6.07) is 11.8. The minimum absolute atomic E-state index is 0.483. The molecule has 0 amide bonds. The van der Waals surface area contributed by atoms with Crippen molar-refractivity contribution in [1.82, 2.24) is 0 Å². The fourth-order valence-electron chi connectivity index (χ4n) is 1.97. The number of ether oxygens (including phenoxy) is 1. The molecule has 0 spiro atoms. The molecule has 0 saturated carbocycles. The number of aryl methyl sites for hydroxylation is 1. The molecule has 0 atom stereocenters. The van der Waals surface area contributed by atoms with E-state index in [1.807, 2.05) is 12.1 Å². The molecule has 0 aliphatic carbocycles. The lowest BCUT2D eigenvalue weighted by Crippen LogP contribution is -2.04. The van der Waals surface area contributed by atoms with Gasteiger partial charge in [0, 0.05) is 10.9 Å². The molecule has 1 aliphatic rings. The van der Waals surface area contributed by atoms with Crippen LogP contribution in [0.2, 0.25) is 0 Å². The highest BCUT2D eigenvalue weighted by molar-refractivity contribution is 9.10. The van der Waals surface area contributed by atoms with Gasteiger partial charge in [-0.2, -0.15) is 13.2 Å². The van der Waals surface area contributed by atoms with Crippen molar-refractivity contribution in [2.75, 3.05) is 6.61 Å². The van der Waals surface area contributed by atoms with E-state index in [1.54, 1.807) is 0 Å². The Labute approximate surface area is 129 Å². The first-order valence-electron chi connectivity index (χ1n) is 6.41. The first-order valence-corrected chi connectivity index (χ1v) is 7.20. The summed E-state index contributed by atoms with van der Waals surface area (Å²) >= 11 is 3.36. The Morgan fingerprint density at radius 3 is 2.43 bits per heavy atom. The molecule has 0 unspecified atom stereocenters. The number of rotatable bonds is 0. The molecule has 0 radical (unpaired) electrons. The van der Waals surface area contributed by atoms with Gasteiger partial charge in [-0.05, 0) is 42.8 Å². The van der Waals surface area contributed by atoms with Crippen molar-refractivity contribution in [3.63, 3.8) is 0 Å². The first kappa shape index (κ1) is 15.9. The second-order valence-corrected chi connectivity index (χ2v) is 5.63. The summed E-state index contributed by atoms with van der Waals surface area (Å²) in [5.74, 6) is 0.577. The van der Waals surface area contributed by atoms with Gasteiger partial charge in [0.25, 0.3) is 0 Å². The van der Waals surface area contributed by atoms with Crippen LogP contribution in [0.3, 0.4) is 0 Å². The van der Waals surface area contributed by atoms with Gasteiger partial charge >= 0.3 is 6.18 Å². The molecule has 5 heteroatoms. The number of fused-ring (bicyclic) bond motifs is 1. The Hall–Kier alpha value is -1.49. The van der Waals surface area contributed by atoms with Crippen LogP contribution in [0, 0.1) is 6.92 Å². The maximum atomic E-state index is 12.2. The number of hydrogen-bond donors (Lipinski definition) is 0. The van der Waals surface area contributed by atoms with Crippen molar-refractivity contribution in [1.29, 1.82) is 0 Å². The van der Waals surface area contributed by atoms with Gasteiger partial charge < -0.3 is 4.74 Å². The smallest absolute Gasteiger partial charge is 0.416 e. The lowest BCUT2D eigenvalue weighted by molar-refractivity contribution is -0.137. The van der Waals surface area contributed by atoms with E-state index < -0.39 is 11.7 Å². The standard InChI is InChI=1S/C9H7F3O.C7H7Br/c10-9(11,12)7-1-2-8-6(5-7)3-4-13-8;1-6-3-2-4-7(8)5-6/h1-2,5H,3-4H2;2-5H,1H3. The Morgan fingerprint density at radius 1 is 1.10 bits per heavy atom. The quantitative estimate of drug-likeness (QED) is 0.612. The summed E-state index contributed by atoms with van der Waals surface area (Å²) in [5, 5.41) is 0. The highest BCUT2D eigenvalue weighted by Gasteiger charge is 2.31. The van der Waals surface area contributed by atoms with Gasteiger partial charge in [-0.3, -0.25) is 0 Å². The molecular weight excluding hydrogens is 345 g/mol. The van der Waals surface area contributed by atoms with Crippen molar-refractivity contribution >= 4 is 15.9 Å². The average molecular weight is 359 g/mol. The minimum atomic E-state index is -4.25. The van der Waals surface area contributed by atoms with Crippen molar-refractivity contribution in [2.45, 2.75) is 19.5 Å². The second kappa shape index (κ2) is 6.52. The molecule has 0 N–H and O–H groups in total. The molecule has 112 valence electrons. The Kier molecular flexibility index (Phi) is 4.93. The lowest BCUT2D eigenvalue weighted by Gasteiger charge is -2.07. The maximum Gasteiger partial charge on any atom is 0.416 e. The fraction of sp³-hybridized carbons (Fsp3) is 0.250. The van der Waals surface area contributed by atoms with Crippen molar-refractivity contribution in [3.05, 3.63) is 63.6 Å². The van der Waals surface area contributed by atoms with Crippen molar-refractivity contribution in [2.24, 2.45) is 0 Å². The van der Waals surface area contributed by atoms with Crippen LogP contribution >= 0.6 is 15.9 Å². The Bertz CT molecular complexity index is 606. The van der Waals surface area contributed by atoms with E-state index in [1.165, 1.54) is 11.6 Å². The maximum absolute atomic E-state index is 12.2. The summed E-state index contributed by atoms with van der Waals surface area (Å²) in [6.07, 6.45) is -3.68. The third kappa shape index (κ3) is 4.49. The zero-order valence-corrected chi connectivity index (χ0v) is 13.0. The third-order valence-corrected chi connectivity index (χ3v) is 3.49. The summed E-state index contributed by atoms with van der Waals surface area (Å²) in [5.41, 5.74) is 1.34. The number of benzene rings is 2. The fourth-order valence-corrected chi connectivity index (χ4v) is 2.48. The molecule has 0 saturated heterocycles. The van der Waals surface area contributed by atoms with Crippen LogP contribution < -0.4 is 4.74 Å². The molecular formula is C16H14BrF3O.